The zero-order valence-corrected chi connectivity index (χ0v) is 20.9. The van der Waals surface area contributed by atoms with Crippen molar-refractivity contribution in [3.63, 3.8) is 0 Å². The molecule has 0 N–H and O–H groups in total. The van der Waals surface area contributed by atoms with Crippen molar-refractivity contribution in [2.24, 2.45) is 0 Å². The normalized spacial score (nSPS) is 11.6. The largest absolute Gasteiger partial charge is 0.138 e. The molecule has 0 aliphatic rings. The molecular formula is C24H16Cl2S4. The van der Waals surface area contributed by atoms with Crippen LogP contribution in [0.15, 0.2) is 80.2 Å². The third-order valence-corrected chi connectivity index (χ3v) is 10.7. The summed E-state index contributed by atoms with van der Waals surface area (Å²) in [5.41, 5.74) is 0. The van der Waals surface area contributed by atoms with Crippen LogP contribution >= 0.6 is 69.4 Å². The molecule has 150 valence electrons. The third kappa shape index (κ3) is 3.58. The standard InChI is InChI=1S/C24H16Cl2S4/c1-13-19(25)17-21(27-13)24(30-16-11-7-4-8-12-16)18-20(26)14(2)28-22(18)23(17)29-15-9-5-3-6-10-15/h3-12H,1-2H3. The van der Waals surface area contributed by atoms with Gasteiger partial charge in [-0.15, -0.1) is 22.7 Å². The van der Waals surface area contributed by atoms with Gasteiger partial charge in [0, 0.05) is 40.1 Å². The highest BCUT2D eigenvalue weighted by molar-refractivity contribution is 8.00. The molecule has 0 spiro atoms. The Morgan fingerprint density at radius 3 is 1.33 bits per heavy atom. The van der Waals surface area contributed by atoms with E-state index in [4.69, 9.17) is 23.2 Å². The van der Waals surface area contributed by atoms with Crippen LogP contribution in [0.4, 0.5) is 0 Å². The first kappa shape index (κ1) is 20.7. The molecule has 0 bridgehead atoms. The van der Waals surface area contributed by atoms with E-state index in [1.807, 2.05) is 12.1 Å². The first-order chi connectivity index (χ1) is 14.5. The molecule has 2 aromatic heterocycles. The van der Waals surface area contributed by atoms with Crippen LogP contribution in [0.2, 0.25) is 10.0 Å². The van der Waals surface area contributed by atoms with Crippen LogP contribution in [0.25, 0.3) is 20.2 Å². The van der Waals surface area contributed by atoms with E-state index < -0.39 is 0 Å². The molecule has 0 fully saturated rings. The second kappa shape index (κ2) is 8.42. The molecule has 5 rings (SSSR count). The summed E-state index contributed by atoms with van der Waals surface area (Å²) in [7, 11) is 0. The molecule has 0 aliphatic carbocycles. The first-order valence-corrected chi connectivity index (χ1v) is 13.4. The summed E-state index contributed by atoms with van der Waals surface area (Å²) in [5.74, 6) is 0. The van der Waals surface area contributed by atoms with Gasteiger partial charge in [0.1, 0.15) is 0 Å². The summed E-state index contributed by atoms with van der Waals surface area (Å²) >= 11 is 20.9. The van der Waals surface area contributed by atoms with Crippen molar-refractivity contribution >= 4 is 89.6 Å². The van der Waals surface area contributed by atoms with Crippen LogP contribution in [-0.4, -0.2) is 0 Å². The van der Waals surface area contributed by atoms with Crippen LogP contribution in [-0.2, 0) is 0 Å². The summed E-state index contributed by atoms with van der Waals surface area (Å²) < 4.78 is 2.44. The fourth-order valence-electron chi connectivity index (χ4n) is 3.41. The molecule has 0 aliphatic heterocycles. The Balaban J connectivity index is 1.86. The maximum atomic E-state index is 6.89. The molecular weight excluding hydrogens is 487 g/mol. The number of benzene rings is 3. The second-order valence-corrected chi connectivity index (χ2v) is 12.2. The van der Waals surface area contributed by atoms with Crippen molar-refractivity contribution in [1.29, 1.82) is 0 Å². The molecule has 0 atom stereocenters. The van der Waals surface area contributed by atoms with Gasteiger partial charge in [0.25, 0.3) is 0 Å². The number of fused-ring (bicyclic) bond motifs is 2. The van der Waals surface area contributed by atoms with E-state index in [1.54, 1.807) is 46.2 Å². The molecule has 0 saturated carbocycles. The molecule has 0 unspecified atom stereocenters. The average Bonchev–Trinajstić information content (AvgIpc) is 3.22. The topological polar surface area (TPSA) is 0 Å². The van der Waals surface area contributed by atoms with Crippen molar-refractivity contribution in [1.82, 2.24) is 0 Å². The lowest BCUT2D eigenvalue weighted by Gasteiger charge is -2.12. The van der Waals surface area contributed by atoms with Crippen molar-refractivity contribution in [3.8, 4) is 0 Å². The van der Waals surface area contributed by atoms with Crippen molar-refractivity contribution in [2.75, 3.05) is 0 Å². The predicted octanol–water partition coefficient (Wildman–Crippen LogP) is 10.3. The van der Waals surface area contributed by atoms with Gasteiger partial charge in [-0.2, -0.15) is 0 Å². The highest BCUT2D eigenvalue weighted by Crippen LogP contribution is 2.55. The summed E-state index contributed by atoms with van der Waals surface area (Å²) in [6.45, 7) is 4.20. The van der Waals surface area contributed by atoms with Crippen LogP contribution in [0.1, 0.15) is 9.75 Å². The molecule has 0 radical (unpaired) electrons. The van der Waals surface area contributed by atoms with Gasteiger partial charge in [-0.05, 0) is 38.1 Å². The minimum atomic E-state index is 0.854. The van der Waals surface area contributed by atoms with Gasteiger partial charge in [-0.3, -0.25) is 0 Å². The molecule has 0 saturated heterocycles. The monoisotopic (exact) mass is 502 g/mol. The molecule has 6 heteroatoms. The van der Waals surface area contributed by atoms with E-state index in [1.165, 1.54) is 29.0 Å². The van der Waals surface area contributed by atoms with Crippen molar-refractivity contribution in [2.45, 2.75) is 33.4 Å². The molecule has 30 heavy (non-hydrogen) atoms. The lowest BCUT2D eigenvalue weighted by Crippen LogP contribution is -1.83. The van der Waals surface area contributed by atoms with Gasteiger partial charge in [-0.1, -0.05) is 83.1 Å². The van der Waals surface area contributed by atoms with E-state index in [0.29, 0.717) is 0 Å². The Hall–Kier alpha value is -1.14. The second-order valence-electron chi connectivity index (χ2n) is 6.84. The molecule has 3 aromatic carbocycles. The number of aryl methyl sites for hydroxylation is 2. The minimum Gasteiger partial charge on any atom is -0.138 e. The van der Waals surface area contributed by atoms with E-state index >= 15 is 0 Å². The zero-order valence-electron chi connectivity index (χ0n) is 16.2. The van der Waals surface area contributed by atoms with E-state index in [-0.39, 0.29) is 0 Å². The Kier molecular flexibility index (Phi) is 5.82. The SMILES string of the molecule is Cc1sc2c(Sc3ccccc3)c3c(Cl)c(C)sc3c(Sc3ccccc3)c2c1Cl. The Labute approximate surface area is 202 Å². The summed E-state index contributed by atoms with van der Waals surface area (Å²) in [5, 5.41) is 4.01. The van der Waals surface area contributed by atoms with E-state index in [2.05, 4.69) is 62.4 Å². The van der Waals surface area contributed by atoms with Crippen molar-refractivity contribution in [3.05, 3.63) is 80.5 Å². The maximum Gasteiger partial charge on any atom is 0.0633 e. The summed E-state index contributed by atoms with van der Waals surface area (Å²) in [4.78, 5) is 7.09. The first-order valence-electron chi connectivity index (χ1n) is 9.33. The van der Waals surface area contributed by atoms with Crippen molar-refractivity contribution < 1.29 is 0 Å². The Bertz CT molecular complexity index is 1260. The summed E-state index contributed by atoms with van der Waals surface area (Å²) in [6.07, 6.45) is 0. The number of halogens is 2. The third-order valence-electron chi connectivity index (χ3n) is 4.81. The smallest absolute Gasteiger partial charge is 0.0633 e. The lowest BCUT2D eigenvalue weighted by atomic mass is 10.2. The Morgan fingerprint density at radius 2 is 0.967 bits per heavy atom. The highest BCUT2D eigenvalue weighted by atomic mass is 35.5. The van der Waals surface area contributed by atoms with Crippen LogP contribution in [0.3, 0.4) is 0 Å². The van der Waals surface area contributed by atoms with Gasteiger partial charge in [-0.25, -0.2) is 0 Å². The van der Waals surface area contributed by atoms with Crippen LogP contribution in [0, 0.1) is 13.8 Å². The molecule has 0 amide bonds. The number of thiophene rings is 2. The molecule has 2 heterocycles. The quantitative estimate of drug-likeness (QED) is 0.239. The van der Waals surface area contributed by atoms with Gasteiger partial charge in [0.2, 0.25) is 0 Å². The lowest BCUT2D eigenvalue weighted by molar-refractivity contribution is 1.44. The predicted molar refractivity (Wildman–Crippen MR) is 138 cm³/mol. The fraction of sp³-hybridized carbons (Fsp3) is 0.0833. The zero-order chi connectivity index (χ0) is 20.8. The van der Waals surface area contributed by atoms with E-state index in [9.17, 15) is 0 Å². The highest BCUT2D eigenvalue weighted by Gasteiger charge is 2.25. The van der Waals surface area contributed by atoms with Gasteiger partial charge in [0.15, 0.2) is 0 Å². The van der Waals surface area contributed by atoms with Gasteiger partial charge >= 0.3 is 0 Å². The summed E-state index contributed by atoms with van der Waals surface area (Å²) in [6, 6.07) is 21.0. The number of hydrogen-bond acceptors (Lipinski definition) is 4. The van der Waals surface area contributed by atoms with Crippen LogP contribution < -0.4 is 0 Å². The Morgan fingerprint density at radius 1 is 0.600 bits per heavy atom. The fourth-order valence-corrected chi connectivity index (χ4v) is 8.93. The van der Waals surface area contributed by atoms with E-state index in [0.717, 1.165) is 30.6 Å². The number of hydrogen-bond donors (Lipinski definition) is 0. The number of rotatable bonds is 4. The molecule has 5 aromatic rings. The molecule has 0 nitrogen and oxygen atoms in total. The van der Waals surface area contributed by atoms with Crippen LogP contribution in [0.5, 0.6) is 0 Å². The van der Waals surface area contributed by atoms with Gasteiger partial charge in [0.05, 0.1) is 19.4 Å². The van der Waals surface area contributed by atoms with Gasteiger partial charge < -0.3 is 0 Å². The minimum absolute atomic E-state index is 0.854. The maximum absolute atomic E-state index is 6.89. The average molecular weight is 504 g/mol.